The Bertz CT molecular complexity index is 566. The average molecular weight is 263 g/mol. The second kappa shape index (κ2) is 5.56. The van der Waals surface area contributed by atoms with Crippen LogP contribution >= 0.6 is 11.6 Å². The van der Waals surface area contributed by atoms with Gasteiger partial charge in [-0.1, -0.05) is 18.2 Å². The van der Waals surface area contributed by atoms with E-state index in [1.807, 2.05) is 6.07 Å². The third-order valence-electron chi connectivity index (χ3n) is 2.37. The Hall–Kier alpha value is -2.00. The molecule has 0 heterocycles. The van der Waals surface area contributed by atoms with Crippen LogP contribution in [-0.4, -0.2) is 12.4 Å². The number of rotatable bonds is 4. The van der Waals surface area contributed by atoms with E-state index in [1.165, 1.54) is 0 Å². The van der Waals surface area contributed by atoms with E-state index in [1.54, 1.807) is 49.6 Å². The van der Waals surface area contributed by atoms with Gasteiger partial charge in [0.2, 0.25) is 0 Å². The van der Waals surface area contributed by atoms with Crippen LogP contribution in [0.4, 0.5) is 0 Å². The van der Waals surface area contributed by atoms with Crippen LogP contribution in [0.25, 0.3) is 0 Å². The number of halogens is 1. The number of hydrogen-bond acceptors (Lipinski definition) is 3. The summed E-state index contributed by atoms with van der Waals surface area (Å²) in [5.74, 6) is 1.69. The Kier molecular flexibility index (Phi) is 3.85. The van der Waals surface area contributed by atoms with E-state index in [4.69, 9.17) is 21.1 Å². The molecular weight excluding hydrogens is 252 g/mol. The van der Waals surface area contributed by atoms with Gasteiger partial charge in [0, 0.05) is 6.07 Å². The largest absolute Gasteiger partial charge is 0.497 e. The first-order valence-electron chi connectivity index (χ1n) is 5.31. The van der Waals surface area contributed by atoms with Gasteiger partial charge in [-0.15, -0.1) is 0 Å². The third-order valence-corrected chi connectivity index (χ3v) is 2.57. The van der Waals surface area contributed by atoms with Gasteiger partial charge in [0.05, 0.1) is 12.7 Å². The van der Waals surface area contributed by atoms with Crippen molar-refractivity contribution in [3.63, 3.8) is 0 Å². The molecule has 0 atom stereocenters. The van der Waals surface area contributed by atoms with Crippen molar-refractivity contribution in [1.82, 2.24) is 0 Å². The summed E-state index contributed by atoms with van der Waals surface area (Å²) in [6, 6.07) is 13.9. The molecule has 2 aromatic rings. The fraction of sp³-hybridized carbons (Fsp3) is 0.0714. The topological polar surface area (TPSA) is 35.5 Å². The molecule has 0 aliphatic rings. The molecule has 0 aliphatic heterocycles. The summed E-state index contributed by atoms with van der Waals surface area (Å²) in [6.07, 6.45) is 0. The van der Waals surface area contributed by atoms with Crippen LogP contribution in [0.15, 0.2) is 48.5 Å². The number of benzene rings is 2. The number of ether oxygens (including phenoxy) is 2. The molecule has 0 radical (unpaired) electrons. The predicted octanol–water partition coefficient (Wildman–Crippen LogP) is 3.87. The molecule has 2 rings (SSSR count). The van der Waals surface area contributed by atoms with Crippen LogP contribution < -0.4 is 9.47 Å². The van der Waals surface area contributed by atoms with E-state index < -0.39 is 5.24 Å². The monoisotopic (exact) mass is 262 g/mol. The quantitative estimate of drug-likeness (QED) is 0.785. The Balaban J connectivity index is 2.31. The van der Waals surface area contributed by atoms with Crippen LogP contribution in [0.1, 0.15) is 10.4 Å². The average Bonchev–Trinajstić information content (AvgIpc) is 2.39. The molecule has 0 saturated heterocycles. The minimum absolute atomic E-state index is 0.335. The van der Waals surface area contributed by atoms with Gasteiger partial charge in [-0.3, -0.25) is 4.79 Å². The fourth-order valence-electron chi connectivity index (χ4n) is 1.51. The molecule has 0 saturated carbocycles. The van der Waals surface area contributed by atoms with Gasteiger partial charge in [-0.05, 0) is 35.9 Å². The van der Waals surface area contributed by atoms with Crippen LogP contribution in [0, 0.1) is 0 Å². The summed E-state index contributed by atoms with van der Waals surface area (Å²) in [5.41, 5.74) is 0.335. The van der Waals surface area contributed by atoms with Gasteiger partial charge < -0.3 is 9.47 Å². The Morgan fingerprint density at radius 3 is 2.50 bits per heavy atom. The Labute approximate surface area is 110 Å². The van der Waals surface area contributed by atoms with E-state index >= 15 is 0 Å². The van der Waals surface area contributed by atoms with Crippen molar-refractivity contribution < 1.29 is 14.3 Å². The summed E-state index contributed by atoms with van der Waals surface area (Å²) in [7, 11) is 1.58. The van der Waals surface area contributed by atoms with E-state index in [2.05, 4.69) is 0 Å². The lowest BCUT2D eigenvalue weighted by atomic mass is 10.2. The van der Waals surface area contributed by atoms with Gasteiger partial charge in [0.1, 0.15) is 17.2 Å². The van der Waals surface area contributed by atoms with Crippen LogP contribution in [0.5, 0.6) is 17.2 Å². The van der Waals surface area contributed by atoms with E-state index in [0.29, 0.717) is 22.8 Å². The molecule has 0 amide bonds. The molecular formula is C14H11ClO3. The molecule has 0 unspecified atom stereocenters. The second-order valence-electron chi connectivity index (χ2n) is 3.55. The van der Waals surface area contributed by atoms with Crippen molar-refractivity contribution in [1.29, 1.82) is 0 Å². The maximum absolute atomic E-state index is 11.2. The lowest BCUT2D eigenvalue weighted by Gasteiger charge is -2.09. The van der Waals surface area contributed by atoms with E-state index in [0.717, 1.165) is 0 Å². The zero-order chi connectivity index (χ0) is 13.0. The molecule has 0 aromatic heterocycles. The van der Waals surface area contributed by atoms with E-state index in [-0.39, 0.29) is 0 Å². The summed E-state index contributed by atoms with van der Waals surface area (Å²) in [6.45, 7) is 0. The molecule has 3 nitrogen and oxygen atoms in total. The first kappa shape index (κ1) is 12.5. The molecule has 0 N–H and O–H groups in total. The standard InChI is InChI=1S/C14H11ClO3/c1-17-10-5-4-6-11(9-10)18-13-8-3-2-7-12(13)14(15)16/h2-9H,1H3. The van der Waals surface area contributed by atoms with Crippen molar-refractivity contribution in [3.05, 3.63) is 54.1 Å². The second-order valence-corrected chi connectivity index (χ2v) is 3.89. The molecule has 0 aliphatic carbocycles. The van der Waals surface area contributed by atoms with Crippen molar-refractivity contribution >= 4 is 16.8 Å². The zero-order valence-corrected chi connectivity index (χ0v) is 10.5. The molecule has 0 bridgehead atoms. The summed E-state index contributed by atoms with van der Waals surface area (Å²) in [5, 5.41) is -0.548. The van der Waals surface area contributed by atoms with Gasteiger partial charge in [-0.25, -0.2) is 0 Å². The van der Waals surface area contributed by atoms with Crippen LogP contribution in [-0.2, 0) is 0 Å². The highest BCUT2D eigenvalue weighted by Gasteiger charge is 2.10. The lowest BCUT2D eigenvalue weighted by molar-refractivity contribution is 0.107. The van der Waals surface area contributed by atoms with Gasteiger partial charge in [-0.2, -0.15) is 0 Å². The predicted molar refractivity (Wildman–Crippen MR) is 69.7 cm³/mol. The molecule has 4 heteroatoms. The highest BCUT2D eigenvalue weighted by atomic mass is 35.5. The molecule has 18 heavy (non-hydrogen) atoms. The van der Waals surface area contributed by atoms with Gasteiger partial charge >= 0.3 is 0 Å². The lowest BCUT2D eigenvalue weighted by Crippen LogP contribution is -1.94. The van der Waals surface area contributed by atoms with Crippen molar-refractivity contribution in [2.75, 3.05) is 7.11 Å². The number of methoxy groups -OCH3 is 1. The normalized spacial score (nSPS) is 9.89. The molecule has 0 spiro atoms. The summed E-state index contributed by atoms with van der Waals surface area (Å²) >= 11 is 5.49. The Morgan fingerprint density at radius 1 is 1.06 bits per heavy atom. The fourth-order valence-corrected chi connectivity index (χ4v) is 1.67. The third kappa shape index (κ3) is 2.81. The number of carbonyl (C=O) groups is 1. The maximum atomic E-state index is 11.2. The SMILES string of the molecule is COc1cccc(Oc2ccccc2C(=O)Cl)c1. The van der Waals surface area contributed by atoms with E-state index in [9.17, 15) is 4.79 Å². The summed E-state index contributed by atoms with van der Waals surface area (Å²) in [4.78, 5) is 11.2. The van der Waals surface area contributed by atoms with Crippen molar-refractivity contribution in [2.45, 2.75) is 0 Å². The highest BCUT2D eigenvalue weighted by molar-refractivity contribution is 6.68. The van der Waals surface area contributed by atoms with Crippen molar-refractivity contribution in [2.24, 2.45) is 0 Å². The van der Waals surface area contributed by atoms with Gasteiger partial charge in [0.25, 0.3) is 5.24 Å². The number of para-hydroxylation sites is 1. The number of hydrogen-bond donors (Lipinski definition) is 0. The van der Waals surface area contributed by atoms with Crippen molar-refractivity contribution in [3.8, 4) is 17.2 Å². The molecule has 2 aromatic carbocycles. The highest BCUT2D eigenvalue weighted by Crippen LogP contribution is 2.28. The minimum atomic E-state index is -0.548. The van der Waals surface area contributed by atoms with Gasteiger partial charge in [0.15, 0.2) is 0 Å². The maximum Gasteiger partial charge on any atom is 0.256 e. The smallest absolute Gasteiger partial charge is 0.256 e. The molecule has 92 valence electrons. The molecule has 0 fully saturated rings. The first-order valence-corrected chi connectivity index (χ1v) is 5.69. The number of carbonyl (C=O) groups excluding carboxylic acids is 1. The zero-order valence-electron chi connectivity index (χ0n) is 9.72. The summed E-state index contributed by atoms with van der Waals surface area (Å²) < 4.78 is 10.7. The van der Waals surface area contributed by atoms with Crippen LogP contribution in [0.3, 0.4) is 0 Å². The minimum Gasteiger partial charge on any atom is -0.497 e. The first-order chi connectivity index (χ1) is 8.70. The Morgan fingerprint density at radius 2 is 1.78 bits per heavy atom. The van der Waals surface area contributed by atoms with Crippen LogP contribution in [0.2, 0.25) is 0 Å².